The highest BCUT2D eigenvalue weighted by atomic mass is 16.3. The van der Waals surface area contributed by atoms with Crippen molar-refractivity contribution in [1.29, 1.82) is 0 Å². The number of nitrogens with zero attached hydrogens (tertiary/aromatic N) is 1. The van der Waals surface area contributed by atoms with Gasteiger partial charge in [-0.1, -0.05) is 60.7 Å². The number of hydrogen-bond acceptors (Lipinski definition) is 2. The van der Waals surface area contributed by atoms with Crippen LogP contribution in [0.25, 0.3) is 32.8 Å². The molecule has 4 aromatic rings. The molecule has 1 heterocycles. The van der Waals surface area contributed by atoms with E-state index in [1.54, 1.807) is 0 Å². The lowest BCUT2D eigenvalue weighted by molar-refractivity contribution is 0.282. The van der Waals surface area contributed by atoms with Crippen LogP contribution in [-0.2, 0) is 6.61 Å². The van der Waals surface area contributed by atoms with Crippen LogP contribution in [0.1, 0.15) is 5.56 Å². The summed E-state index contributed by atoms with van der Waals surface area (Å²) in [6.45, 7) is 0.0634. The Morgan fingerprint density at radius 1 is 0.727 bits per heavy atom. The zero-order valence-electron chi connectivity index (χ0n) is 12.0. The summed E-state index contributed by atoms with van der Waals surface area (Å²) in [5.74, 6) is 0. The molecule has 2 heteroatoms. The first-order valence-electron chi connectivity index (χ1n) is 7.33. The number of benzene rings is 3. The molecule has 0 radical (unpaired) electrons. The van der Waals surface area contributed by atoms with E-state index >= 15 is 0 Å². The van der Waals surface area contributed by atoms with Crippen molar-refractivity contribution in [2.24, 2.45) is 0 Å². The summed E-state index contributed by atoms with van der Waals surface area (Å²) < 4.78 is 0. The second kappa shape index (κ2) is 5.24. The van der Waals surface area contributed by atoms with Crippen molar-refractivity contribution in [3.8, 4) is 11.3 Å². The Morgan fingerprint density at radius 2 is 1.55 bits per heavy atom. The van der Waals surface area contributed by atoms with Gasteiger partial charge in [-0.05, 0) is 27.8 Å². The number of rotatable bonds is 2. The molecule has 0 aliphatic heterocycles. The molecule has 0 spiro atoms. The fourth-order valence-corrected chi connectivity index (χ4v) is 2.94. The molecule has 0 saturated carbocycles. The van der Waals surface area contributed by atoms with Crippen molar-refractivity contribution in [2.45, 2.75) is 6.61 Å². The molecule has 0 aliphatic carbocycles. The molecule has 106 valence electrons. The van der Waals surface area contributed by atoms with Gasteiger partial charge in [-0.25, -0.2) is 0 Å². The molecule has 2 nitrogen and oxygen atoms in total. The van der Waals surface area contributed by atoms with Gasteiger partial charge in [0.1, 0.15) is 0 Å². The quantitative estimate of drug-likeness (QED) is 0.548. The molecule has 3 aromatic carbocycles. The Labute approximate surface area is 128 Å². The number of hydrogen-bond donors (Lipinski definition) is 1. The average molecular weight is 285 g/mol. The highest BCUT2D eigenvalue weighted by molar-refractivity contribution is 6.11. The maximum absolute atomic E-state index is 9.17. The number of aliphatic hydroxyl groups excluding tert-OH is 1. The predicted octanol–water partition coefficient (Wildman–Crippen LogP) is 4.55. The zero-order valence-corrected chi connectivity index (χ0v) is 12.0. The largest absolute Gasteiger partial charge is 0.392 e. The minimum atomic E-state index is 0.0634. The van der Waals surface area contributed by atoms with E-state index in [1.165, 1.54) is 16.2 Å². The van der Waals surface area contributed by atoms with Crippen LogP contribution in [0.5, 0.6) is 0 Å². The van der Waals surface area contributed by atoms with Crippen molar-refractivity contribution in [1.82, 2.24) is 4.98 Å². The maximum atomic E-state index is 9.17. The van der Waals surface area contributed by atoms with Gasteiger partial charge in [-0.2, -0.15) is 0 Å². The molecule has 1 N–H and O–H groups in total. The fraction of sp³-hybridized carbons (Fsp3) is 0.0500. The molecule has 0 fully saturated rings. The van der Waals surface area contributed by atoms with Crippen LogP contribution in [0, 0.1) is 0 Å². The summed E-state index contributed by atoms with van der Waals surface area (Å²) in [6, 6.07) is 22.7. The molecule has 22 heavy (non-hydrogen) atoms. The van der Waals surface area contributed by atoms with Crippen LogP contribution in [0.2, 0.25) is 0 Å². The molecular formula is C20H15NO. The first-order chi connectivity index (χ1) is 10.9. The van der Waals surface area contributed by atoms with Crippen molar-refractivity contribution >= 4 is 21.5 Å². The van der Waals surface area contributed by atoms with Gasteiger partial charge < -0.3 is 5.11 Å². The number of aromatic nitrogens is 1. The summed E-state index contributed by atoms with van der Waals surface area (Å²) in [5.41, 5.74) is 2.96. The fourth-order valence-electron chi connectivity index (χ4n) is 2.94. The number of aliphatic hydroxyl groups is 1. The topological polar surface area (TPSA) is 33.1 Å². The molecule has 4 rings (SSSR count). The van der Waals surface area contributed by atoms with Crippen LogP contribution in [0.3, 0.4) is 0 Å². The molecule has 0 unspecified atom stereocenters. The van der Waals surface area contributed by atoms with E-state index in [4.69, 9.17) is 0 Å². The molecule has 0 atom stereocenters. The van der Waals surface area contributed by atoms with Gasteiger partial charge in [-0.3, -0.25) is 4.98 Å². The van der Waals surface area contributed by atoms with E-state index in [2.05, 4.69) is 47.4 Å². The minimum absolute atomic E-state index is 0.0634. The minimum Gasteiger partial charge on any atom is -0.392 e. The van der Waals surface area contributed by atoms with E-state index in [-0.39, 0.29) is 6.61 Å². The highest BCUT2D eigenvalue weighted by Gasteiger charge is 2.07. The van der Waals surface area contributed by atoms with E-state index in [0.717, 1.165) is 22.2 Å². The lowest BCUT2D eigenvalue weighted by Crippen LogP contribution is -1.88. The normalized spacial score (nSPS) is 11.1. The van der Waals surface area contributed by atoms with Crippen LogP contribution in [0.15, 0.2) is 72.9 Å². The van der Waals surface area contributed by atoms with Crippen LogP contribution >= 0.6 is 0 Å². The van der Waals surface area contributed by atoms with Crippen molar-refractivity contribution in [3.05, 3.63) is 78.5 Å². The predicted molar refractivity (Wildman–Crippen MR) is 90.6 cm³/mol. The Kier molecular flexibility index (Phi) is 3.10. The van der Waals surface area contributed by atoms with E-state index in [0.29, 0.717) is 0 Å². The Balaban J connectivity index is 1.99. The lowest BCUT2D eigenvalue weighted by atomic mass is 9.98. The molecule has 0 saturated heterocycles. The third-order valence-corrected chi connectivity index (χ3v) is 4.08. The van der Waals surface area contributed by atoms with Gasteiger partial charge in [0.2, 0.25) is 0 Å². The summed E-state index contributed by atoms with van der Waals surface area (Å²) in [5, 5.41) is 14.0. The summed E-state index contributed by atoms with van der Waals surface area (Å²) >= 11 is 0. The summed E-state index contributed by atoms with van der Waals surface area (Å²) in [4.78, 5) is 4.58. The van der Waals surface area contributed by atoms with Crippen molar-refractivity contribution < 1.29 is 5.11 Å². The van der Waals surface area contributed by atoms with Gasteiger partial charge in [-0.15, -0.1) is 0 Å². The standard InChI is InChI=1S/C20H15NO/c22-13-14-5-7-16(8-6-14)20-19-10-9-15-3-1-2-4-17(15)18(19)11-12-21-20/h1-12,22H,13H2. The maximum Gasteiger partial charge on any atom is 0.0780 e. The van der Waals surface area contributed by atoms with Gasteiger partial charge in [0.15, 0.2) is 0 Å². The Bertz CT molecular complexity index is 958. The third-order valence-electron chi connectivity index (χ3n) is 4.08. The zero-order chi connectivity index (χ0) is 14.9. The summed E-state index contributed by atoms with van der Waals surface area (Å²) in [7, 11) is 0. The first-order valence-corrected chi connectivity index (χ1v) is 7.33. The lowest BCUT2D eigenvalue weighted by Gasteiger charge is -2.09. The van der Waals surface area contributed by atoms with Crippen LogP contribution in [0.4, 0.5) is 0 Å². The van der Waals surface area contributed by atoms with Crippen molar-refractivity contribution in [3.63, 3.8) is 0 Å². The van der Waals surface area contributed by atoms with Gasteiger partial charge in [0.05, 0.1) is 12.3 Å². The molecule has 0 bridgehead atoms. The first kappa shape index (κ1) is 13.0. The van der Waals surface area contributed by atoms with Gasteiger partial charge in [0.25, 0.3) is 0 Å². The second-order valence-electron chi connectivity index (χ2n) is 5.40. The third kappa shape index (κ3) is 2.05. The smallest absolute Gasteiger partial charge is 0.0780 e. The summed E-state index contributed by atoms with van der Waals surface area (Å²) in [6.07, 6.45) is 1.87. The Morgan fingerprint density at radius 3 is 2.36 bits per heavy atom. The average Bonchev–Trinajstić information content (AvgIpc) is 2.61. The van der Waals surface area contributed by atoms with E-state index in [1.807, 2.05) is 30.5 Å². The van der Waals surface area contributed by atoms with Crippen LogP contribution < -0.4 is 0 Å². The monoisotopic (exact) mass is 285 g/mol. The van der Waals surface area contributed by atoms with Gasteiger partial charge >= 0.3 is 0 Å². The van der Waals surface area contributed by atoms with Crippen LogP contribution in [-0.4, -0.2) is 10.1 Å². The van der Waals surface area contributed by atoms with E-state index in [9.17, 15) is 5.11 Å². The second-order valence-corrected chi connectivity index (χ2v) is 5.40. The molecule has 1 aromatic heterocycles. The molecular weight excluding hydrogens is 270 g/mol. The molecule has 0 amide bonds. The van der Waals surface area contributed by atoms with E-state index < -0.39 is 0 Å². The number of fused-ring (bicyclic) bond motifs is 3. The van der Waals surface area contributed by atoms with Gasteiger partial charge in [0, 0.05) is 17.1 Å². The highest BCUT2D eigenvalue weighted by Crippen LogP contribution is 2.31. The number of pyridine rings is 1. The van der Waals surface area contributed by atoms with Crippen molar-refractivity contribution in [2.75, 3.05) is 0 Å². The Hall–Kier alpha value is -2.71. The molecule has 0 aliphatic rings. The SMILES string of the molecule is OCc1ccc(-c2nccc3c2ccc2ccccc23)cc1.